The number of likely N-dealkylation sites (N-methyl/N-ethyl adjacent to an activating group) is 1. The lowest BCUT2D eigenvalue weighted by Gasteiger charge is -2.32. The van der Waals surface area contributed by atoms with E-state index in [-0.39, 0.29) is 22.4 Å². The van der Waals surface area contributed by atoms with Crippen LogP contribution in [0.3, 0.4) is 0 Å². The monoisotopic (exact) mass is 370 g/mol. The summed E-state index contributed by atoms with van der Waals surface area (Å²) in [5.41, 5.74) is 0.804. The van der Waals surface area contributed by atoms with Crippen molar-refractivity contribution in [1.82, 2.24) is 9.80 Å². The molecule has 2 amide bonds. The highest BCUT2D eigenvalue weighted by Gasteiger charge is 2.53. The fourth-order valence-corrected chi connectivity index (χ4v) is 4.81. The Bertz CT molecular complexity index is 670. The third-order valence-corrected chi connectivity index (χ3v) is 6.18. The largest absolute Gasteiger partial charge is 0.435 e. The first-order valence-electron chi connectivity index (χ1n) is 8.05. The summed E-state index contributed by atoms with van der Waals surface area (Å²) in [4.78, 5) is 28.0. The Kier molecular flexibility index (Phi) is 4.90. The van der Waals surface area contributed by atoms with Gasteiger partial charge in [0.15, 0.2) is 0 Å². The molecule has 136 valence electrons. The van der Waals surface area contributed by atoms with Crippen molar-refractivity contribution >= 4 is 23.6 Å². The van der Waals surface area contributed by atoms with Crippen LogP contribution >= 0.6 is 11.8 Å². The molecular weight excluding hydrogens is 350 g/mol. The number of halogens is 2. The molecule has 5 nitrogen and oxygen atoms in total. The summed E-state index contributed by atoms with van der Waals surface area (Å²) < 4.78 is 28.7. The van der Waals surface area contributed by atoms with Gasteiger partial charge in [-0.25, -0.2) is 0 Å². The fraction of sp³-hybridized carbons (Fsp3) is 0.529. The third kappa shape index (κ3) is 3.58. The van der Waals surface area contributed by atoms with E-state index in [9.17, 15) is 18.4 Å². The molecule has 25 heavy (non-hydrogen) atoms. The maximum atomic E-state index is 12.8. The topological polar surface area (TPSA) is 49.9 Å². The van der Waals surface area contributed by atoms with Crippen LogP contribution in [0.2, 0.25) is 0 Å². The van der Waals surface area contributed by atoms with E-state index in [0.29, 0.717) is 18.7 Å². The van der Waals surface area contributed by atoms with Gasteiger partial charge in [0.25, 0.3) is 0 Å². The van der Waals surface area contributed by atoms with Gasteiger partial charge in [-0.3, -0.25) is 9.59 Å². The van der Waals surface area contributed by atoms with Crippen LogP contribution in [-0.4, -0.2) is 51.9 Å². The van der Waals surface area contributed by atoms with E-state index in [2.05, 4.69) is 4.74 Å². The van der Waals surface area contributed by atoms with Gasteiger partial charge in [-0.05, 0) is 31.0 Å². The highest BCUT2D eigenvalue weighted by molar-refractivity contribution is 8.01. The van der Waals surface area contributed by atoms with Gasteiger partial charge in [-0.15, -0.1) is 11.8 Å². The average Bonchev–Trinajstić information content (AvgIpc) is 3.04. The van der Waals surface area contributed by atoms with Gasteiger partial charge < -0.3 is 14.5 Å². The molecule has 0 saturated carbocycles. The Hall–Kier alpha value is -1.83. The van der Waals surface area contributed by atoms with Gasteiger partial charge in [0.1, 0.15) is 11.8 Å². The molecule has 1 aromatic carbocycles. The second kappa shape index (κ2) is 6.82. The number of alkyl halides is 2. The minimum atomic E-state index is -2.86. The van der Waals surface area contributed by atoms with Gasteiger partial charge in [0, 0.05) is 25.8 Å². The second-order valence-corrected chi connectivity index (χ2v) is 7.98. The molecule has 0 bridgehead atoms. The van der Waals surface area contributed by atoms with Crippen LogP contribution < -0.4 is 4.74 Å². The van der Waals surface area contributed by atoms with Crippen LogP contribution in [0.1, 0.15) is 25.3 Å². The summed E-state index contributed by atoms with van der Waals surface area (Å²) in [5.74, 6) is 0.623. The summed E-state index contributed by atoms with van der Waals surface area (Å²) >= 11 is 1.66. The highest BCUT2D eigenvalue weighted by atomic mass is 32.2. The molecular formula is C17H20F2N2O3S. The van der Waals surface area contributed by atoms with Crippen LogP contribution in [0.5, 0.6) is 5.75 Å². The third-order valence-electron chi connectivity index (χ3n) is 4.67. The van der Waals surface area contributed by atoms with E-state index in [1.54, 1.807) is 40.7 Å². The lowest BCUT2D eigenvalue weighted by molar-refractivity contribution is -0.143. The molecule has 2 atom stereocenters. The Morgan fingerprint density at radius 1 is 1.44 bits per heavy atom. The van der Waals surface area contributed by atoms with Crippen molar-refractivity contribution in [2.75, 3.05) is 12.8 Å². The zero-order chi connectivity index (χ0) is 18.2. The molecule has 2 aliphatic heterocycles. The summed E-state index contributed by atoms with van der Waals surface area (Å²) in [6.07, 6.45) is 1.26. The van der Waals surface area contributed by atoms with Crippen LogP contribution in [0.15, 0.2) is 24.3 Å². The highest BCUT2D eigenvalue weighted by Crippen LogP contribution is 2.47. The molecule has 1 aromatic rings. The molecule has 0 aliphatic carbocycles. The fourth-order valence-electron chi connectivity index (χ4n) is 3.39. The van der Waals surface area contributed by atoms with Crippen LogP contribution in [0, 0.1) is 0 Å². The molecule has 0 radical (unpaired) electrons. The normalized spacial score (nSPS) is 25.4. The average molecular weight is 370 g/mol. The summed E-state index contributed by atoms with van der Waals surface area (Å²) in [6, 6.07) is 5.77. The molecule has 2 fully saturated rings. The van der Waals surface area contributed by atoms with Crippen LogP contribution in [0.4, 0.5) is 8.78 Å². The Labute approximate surface area is 149 Å². The van der Waals surface area contributed by atoms with Crippen molar-refractivity contribution in [3.63, 3.8) is 0 Å². The van der Waals surface area contributed by atoms with Gasteiger partial charge >= 0.3 is 6.61 Å². The number of ether oxygens (including phenoxy) is 1. The van der Waals surface area contributed by atoms with E-state index in [1.807, 2.05) is 6.92 Å². The number of hydrogen-bond acceptors (Lipinski definition) is 4. The standard InChI is InChI=1S/C17H20F2N2O3S/c1-17-8-7-14(22)21(17)13(10-25-17)15(23)20(2)9-11-3-5-12(6-4-11)24-16(18)19/h3-6,13,16H,7-10H2,1-2H3. The second-order valence-electron chi connectivity index (χ2n) is 6.48. The summed E-state index contributed by atoms with van der Waals surface area (Å²) in [6.45, 7) is -0.507. The van der Waals surface area contributed by atoms with Crippen LogP contribution in [-0.2, 0) is 16.1 Å². The summed E-state index contributed by atoms with van der Waals surface area (Å²) in [5, 5.41) is 0. The predicted molar refractivity (Wildman–Crippen MR) is 90.3 cm³/mol. The van der Waals surface area contributed by atoms with Gasteiger partial charge in [-0.2, -0.15) is 8.78 Å². The number of hydrogen-bond donors (Lipinski definition) is 0. The van der Waals surface area contributed by atoms with Crippen molar-refractivity contribution in [2.45, 2.75) is 43.8 Å². The van der Waals surface area contributed by atoms with E-state index < -0.39 is 12.7 Å². The first kappa shape index (κ1) is 18.0. The maximum Gasteiger partial charge on any atom is 0.387 e. The zero-order valence-corrected chi connectivity index (χ0v) is 14.9. The minimum absolute atomic E-state index is 0.0350. The van der Waals surface area contributed by atoms with Crippen LogP contribution in [0.25, 0.3) is 0 Å². The maximum absolute atomic E-state index is 12.8. The Morgan fingerprint density at radius 2 is 2.12 bits per heavy atom. The van der Waals surface area contributed by atoms with Gasteiger partial charge in [0.05, 0.1) is 4.87 Å². The van der Waals surface area contributed by atoms with Gasteiger partial charge in [0.2, 0.25) is 11.8 Å². The van der Waals surface area contributed by atoms with Crippen molar-refractivity contribution in [3.05, 3.63) is 29.8 Å². The minimum Gasteiger partial charge on any atom is -0.435 e. The molecule has 0 N–H and O–H groups in total. The smallest absolute Gasteiger partial charge is 0.387 e. The van der Waals surface area contributed by atoms with E-state index in [0.717, 1.165) is 12.0 Å². The van der Waals surface area contributed by atoms with E-state index in [4.69, 9.17) is 0 Å². The molecule has 2 aliphatic rings. The Balaban J connectivity index is 1.64. The molecule has 0 aromatic heterocycles. The molecule has 2 heterocycles. The first-order chi connectivity index (χ1) is 11.8. The lowest BCUT2D eigenvalue weighted by Crippen LogP contribution is -2.50. The number of benzene rings is 1. The SMILES string of the molecule is CN(Cc1ccc(OC(F)F)cc1)C(=O)C1CSC2(C)CCC(=O)N12. The number of thioether (sulfide) groups is 1. The van der Waals surface area contributed by atoms with E-state index in [1.165, 1.54) is 12.1 Å². The molecule has 3 rings (SSSR count). The zero-order valence-electron chi connectivity index (χ0n) is 14.1. The van der Waals surface area contributed by atoms with Crippen molar-refractivity contribution < 1.29 is 23.1 Å². The number of carbonyl (C=O) groups excluding carboxylic acids is 2. The molecule has 2 saturated heterocycles. The first-order valence-corrected chi connectivity index (χ1v) is 9.03. The van der Waals surface area contributed by atoms with Crippen molar-refractivity contribution in [1.29, 1.82) is 0 Å². The predicted octanol–water partition coefficient (Wildman–Crippen LogP) is 2.70. The molecule has 8 heteroatoms. The number of fused-ring (bicyclic) bond motifs is 1. The molecule has 2 unspecified atom stereocenters. The van der Waals surface area contributed by atoms with Crippen molar-refractivity contribution in [3.8, 4) is 5.75 Å². The Morgan fingerprint density at radius 3 is 2.76 bits per heavy atom. The number of nitrogens with zero attached hydrogens (tertiary/aromatic N) is 2. The number of carbonyl (C=O) groups is 2. The molecule has 0 spiro atoms. The van der Waals surface area contributed by atoms with E-state index >= 15 is 0 Å². The van der Waals surface area contributed by atoms with Gasteiger partial charge in [-0.1, -0.05) is 12.1 Å². The number of rotatable bonds is 5. The van der Waals surface area contributed by atoms with Crippen molar-refractivity contribution in [2.24, 2.45) is 0 Å². The quantitative estimate of drug-likeness (QED) is 0.800. The lowest BCUT2D eigenvalue weighted by atomic mass is 10.1. The summed E-state index contributed by atoms with van der Waals surface area (Å²) in [7, 11) is 1.69. The number of amides is 2.